The van der Waals surface area contributed by atoms with E-state index in [0.717, 1.165) is 5.69 Å². The lowest BCUT2D eigenvalue weighted by Crippen LogP contribution is -2.35. The van der Waals surface area contributed by atoms with Crippen LogP contribution in [0, 0.1) is 0 Å². The van der Waals surface area contributed by atoms with Gasteiger partial charge >= 0.3 is 5.97 Å². The van der Waals surface area contributed by atoms with Gasteiger partial charge in [-0.3, -0.25) is 14.5 Å². The number of amides is 2. The van der Waals surface area contributed by atoms with Crippen LogP contribution in [0.1, 0.15) is 16.8 Å². The summed E-state index contributed by atoms with van der Waals surface area (Å²) >= 11 is 1.25. The van der Waals surface area contributed by atoms with Gasteiger partial charge in [0.05, 0.1) is 24.4 Å². The molecule has 0 bridgehead atoms. The number of hydrogen-bond acceptors (Lipinski definition) is 6. The van der Waals surface area contributed by atoms with Crippen molar-refractivity contribution in [2.24, 2.45) is 4.99 Å². The number of carboxylic acids is 1. The van der Waals surface area contributed by atoms with Gasteiger partial charge in [0.15, 0.2) is 5.17 Å². The van der Waals surface area contributed by atoms with E-state index in [-0.39, 0.29) is 23.8 Å². The number of hydrogen-bond donors (Lipinski definition) is 2. The van der Waals surface area contributed by atoms with Crippen LogP contribution in [0.4, 0.5) is 11.4 Å². The van der Waals surface area contributed by atoms with E-state index in [9.17, 15) is 14.4 Å². The number of carbonyl (C=O) groups excluding carboxylic acids is 2. The molecule has 0 saturated carbocycles. The van der Waals surface area contributed by atoms with Crippen LogP contribution in [-0.2, 0) is 14.3 Å². The van der Waals surface area contributed by atoms with Gasteiger partial charge in [0.2, 0.25) is 11.8 Å². The maximum atomic E-state index is 12.8. The zero-order chi connectivity index (χ0) is 21.5. The minimum absolute atomic E-state index is 0.0263. The number of aromatic carboxylic acids is 1. The maximum Gasteiger partial charge on any atom is 0.335 e. The summed E-state index contributed by atoms with van der Waals surface area (Å²) in [6.07, 6.45) is -0.0263. The summed E-state index contributed by atoms with van der Waals surface area (Å²) in [6, 6.07) is 15.1. The highest BCUT2D eigenvalue weighted by Crippen LogP contribution is 2.31. The van der Waals surface area contributed by atoms with Crippen molar-refractivity contribution in [3.63, 3.8) is 0 Å². The molecule has 2 aromatic carbocycles. The summed E-state index contributed by atoms with van der Waals surface area (Å²) in [7, 11) is 1.56. The van der Waals surface area contributed by atoms with E-state index in [0.29, 0.717) is 24.0 Å². The SMILES string of the molecule is COCCN1C(=O)[C@@H](CC(=O)Nc2ccc(C(=O)O)cc2)SC1=Nc1ccccc1. The zero-order valence-corrected chi connectivity index (χ0v) is 17.1. The highest BCUT2D eigenvalue weighted by Gasteiger charge is 2.39. The molecule has 8 nitrogen and oxygen atoms in total. The number of nitrogens with zero attached hydrogens (tertiary/aromatic N) is 2. The second kappa shape index (κ2) is 10.0. The van der Waals surface area contributed by atoms with Crippen LogP contribution in [-0.4, -0.2) is 58.5 Å². The largest absolute Gasteiger partial charge is 0.478 e. The Hall–Kier alpha value is -3.17. The number of carbonyl (C=O) groups is 3. The van der Waals surface area contributed by atoms with Crippen molar-refractivity contribution in [3.05, 3.63) is 60.2 Å². The Morgan fingerprint density at radius 2 is 1.87 bits per heavy atom. The number of ether oxygens (including phenoxy) is 1. The topological polar surface area (TPSA) is 108 Å². The number of thioether (sulfide) groups is 1. The van der Waals surface area contributed by atoms with Gasteiger partial charge in [-0.15, -0.1) is 0 Å². The Labute approximate surface area is 177 Å². The molecule has 2 aromatic rings. The summed E-state index contributed by atoms with van der Waals surface area (Å²) in [5, 5.41) is 11.6. The quantitative estimate of drug-likeness (QED) is 0.671. The van der Waals surface area contributed by atoms with Crippen LogP contribution in [0.2, 0.25) is 0 Å². The van der Waals surface area contributed by atoms with Crippen LogP contribution < -0.4 is 5.32 Å². The minimum atomic E-state index is -1.04. The number of nitrogens with one attached hydrogen (secondary N) is 1. The van der Waals surface area contributed by atoms with E-state index in [1.165, 1.54) is 36.0 Å². The van der Waals surface area contributed by atoms with Gasteiger partial charge in [0.25, 0.3) is 0 Å². The first kappa shape index (κ1) is 21.5. The van der Waals surface area contributed by atoms with Gasteiger partial charge in [-0.05, 0) is 36.4 Å². The summed E-state index contributed by atoms with van der Waals surface area (Å²) in [6.45, 7) is 0.706. The molecule has 1 heterocycles. The van der Waals surface area contributed by atoms with Crippen molar-refractivity contribution in [3.8, 4) is 0 Å². The van der Waals surface area contributed by atoms with Gasteiger partial charge in [0, 0.05) is 19.2 Å². The van der Waals surface area contributed by atoms with E-state index in [2.05, 4.69) is 10.3 Å². The van der Waals surface area contributed by atoms with Gasteiger partial charge in [-0.25, -0.2) is 9.79 Å². The standard InChI is InChI=1S/C21H21N3O5S/c1-29-12-11-24-19(26)17(30-21(24)23-15-5-3-2-4-6-15)13-18(25)22-16-9-7-14(8-10-16)20(27)28/h2-10,17H,11-13H2,1H3,(H,22,25)(H,27,28)/t17-/m1/s1. The van der Waals surface area contributed by atoms with Crippen molar-refractivity contribution in [2.75, 3.05) is 25.6 Å². The Kier molecular flexibility index (Phi) is 7.21. The average molecular weight is 427 g/mol. The molecule has 1 atom stereocenters. The van der Waals surface area contributed by atoms with E-state index in [1.54, 1.807) is 12.0 Å². The molecule has 1 aliphatic heterocycles. The van der Waals surface area contributed by atoms with E-state index >= 15 is 0 Å². The molecular weight excluding hydrogens is 406 g/mol. The average Bonchev–Trinajstić information content (AvgIpc) is 3.01. The Bertz CT molecular complexity index is 947. The number of anilines is 1. The summed E-state index contributed by atoms with van der Waals surface area (Å²) in [5.41, 5.74) is 1.32. The third-order valence-corrected chi connectivity index (χ3v) is 5.48. The highest BCUT2D eigenvalue weighted by atomic mass is 32.2. The fourth-order valence-electron chi connectivity index (χ4n) is 2.80. The molecule has 0 aromatic heterocycles. The van der Waals surface area contributed by atoms with Crippen LogP contribution in [0.15, 0.2) is 59.6 Å². The third-order valence-electron chi connectivity index (χ3n) is 4.31. The van der Waals surface area contributed by atoms with Gasteiger partial charge in [-0.2, -0.15) is 0 Å². The number of amidine groups is 1. The lowest BCUT2D eigenvalue weighted by atomic mass is 10.2. The predicted octanol–water partition coefficient (Wildman–Crippen LogP) is 2.99. The Morgan fingerprint density at radius 1 is 1.17 bits per heavy atom. The lowest BCUT2D eigenvalue weighted by Gasteiger charge is -2.15. The number of rotatable bonds is 8. The van der Waals surface area contributed by atoms with E-state index in [1.807, 2.05) is 30.3 Å². The Balaban J connectivity index is 1.69. The summed E-state index contributed by atoms with van der Waals surface area (Å²) < 4.78 is 5.09. The second-order valence-electron chi connectivity index (χ2n) is 6.45. The molecule has 2 N–H and O–H groups in total. The molecule has 1 saturated heterocycles. The van der Waals surface area contributed by atoms with Gasteiger partial charge in [-0.1, -0.05) is 30.0 Å². The Morgan fingerprint density at radius 3 is 2.50 bits per heavy atom. The second-order valence-corrected chi connectivity index (χ2v) is 7.62. The molecule has 30 heavy (non-hydrogen) atoms. The smallest absolute Gasteiger partial charge is 0.335 e. The number of para-hydroxylation sites is 1. The first-order chi connectivity index (χ1) is 14.5. The van der Waals surface area contributed by atoms with Crippen LogP contribution in [0.3, 0.4) is 0 Å². The normalized spacial score (nSPS) is 17.4. The number of carboxylic acid groups (broad SMARTS) is 1. The molecule has 1 fully saturated rings. The highest BCUT2D eigenvalue weighted by molar-refractivity contribution is 8.15. The summed E-state index contributed by atoms with van der Waals surface area (Å²) in [4.78, 5) is 42.3. The predicted molar refractivity (Wildman–Crippen MR) is 115 cm³/mol. The molecule has 156 valence electrons. The summed E-state index contributed by atoms with van der Waals surface area (Å²) in [5.74, 6) is -1.57. The molecule has 0 radical (unpaired) electrons. The number of aliphatic imine (C=N–C) groups is 1. The fraction of sp³-hybridized carbons (Fsp3) is 0.238. The number of benzene rings is 2. The van der Waals surface area contributed by atoms with Crippen molar-refractivity contribution < 1.29 is 24.2 Å². The van der Waals surface area contributed by atoms with Crippen molar-refractivity contribution in [1.82, 2.24) is 4.90 Å². The van der Waals surface area contributed by atoms with Crippen LogP contribution in [0.5, 0.6) is 0 Å². The molecule has 3 rings (SSSR count). The molecule has 2 amide bonds. The van der Waals surface area contributed by atoms with Gasteiger partial charge < -0.3 is 15.2 Å². The van der Waals surface area contributed by atoms with Crippen LogP contribution in [0.25, 0.3) is 0 Å². The molecule has 0 unspecified atom stereocenters. The molecule has 0 aliphatic carbocycles. The zero-order valence-electron chi connectivity index (χ0n) is 16.3. The lowest BCUT2D eigenvalue weighted by molar-refractivity contribution is -0.128. The number of methoxy groups -OCH3 is 1. The molecule has 0 spiro atoms. The fourth-order valence-corrected chi connectivity index (χ4v) is 3.99. The van der Waals surface area contributed by atoms with Crippen LogP contribution >= 0.6 is 11.8 Å². The first-order valence-electron chi connectivity index (χ1n) is 9.22. The third kappa shape index (κ3) is 5.46. The van der Waals surface area contributed by atoms with Gasteiger partial charge in [0.1, 0.15) is 5.25 Å². The van der Waals surface area contributed by atoms with E-state index in [4.69, 9.17) is 9.84 Å². The monoisotopic (exact) mass is 427 g/mol. The van der Waals surface area contributed by atoms with Crippen molar-refractivity contribution in [2.45, 2.75) is 11.7 Å². The minimum Gasteiger partial charge on any atom is -0.478 e. The molecule has 1 aliphatic rings. The van der Waals surface area contributed by atoms with E-state index < -0.39 is 11.2 Å². The maximum absolute atomic E-state index is 12.8. The van der Waals surface area contributed by atoms with Crippen molar-refractivity contribution in [1.29, 1.82) is 0 Å². The molecule has 9 heteroatoms. The first-order valence-corrected chi connectivity index (χ1v) is 10.1. The van der Waals surface area contributed by atoms with Crippen molar-refractivity contribution >= 4 is 46.1 Å². The molecular formula is C21H21N3O5S.